The molecule has 2 rings (SSSR count). The highest BCUT2D eigenvalue weighted by molar-refractivity contribution is 5.77. The summed E-state index contributed by atoms with van der Waals surface area (Å²) < 4.78 is 5.12. The van der Waals surface area contributed by atoms with E-state index in [1.165, 1.54) is 0 Å². The standard InChI is InChI=1S/C14H22N4O2/c15-6-10-20-11-14(19)17-12-4-8-18(9-5-12)13-3-1-2-7-16-13/h1-3,7,12H,4-6,8-11,15H2,(H,17,19). The third-order valence-electron chi connectivity index (χ3n) is 3.33. The topological polar surface area (TPSA) is 80.5 Å². The van der Waals surface area contributed by atoms with E-state index in [0.717, 1.165) is 31.7 Å². The normalized spacial score (nSPS) is 16.1. The van der Waals surface area contributed by atoms with E-state index in [2.05, 4.69) is 15.2 Å². The number of hydrogen-bond donors (Lipinski definition) is 2. The molecule has 0 unspecified atom stereocenters. The lowest BCUT2D eigenvalue weighted by Gasteiger charge is -2.33. The Morgan fingerprint density at radius 1 is 1.45 bits per heavy atom. The van der Waals surface area contributed by atoms with Crippen molar-refractivity contribution < 1.29 is 9.53 Å². The van der Waals surface area contributed by atoms with Gasteiger partial charge in [0.1, 0.15) is 12.4 Å². The first-order valence-electron chi connectivity index (χ1n) is 7.02. The number of anilines is 1. The number of aromatic nitrogens is 1. The predicted octanol–water partition coefficient (Wildman–Crippen LogP) is 0.142. The third-order valence-corrected chi connectivity index (χ3v) is 3.33. The second-order valence-corrected chi connectivity index (χ2v) is 4.86. The fourth-order valence-electron chi connectivity index (χ4n) is 2.31. The van der Waals surface area contributed by atoms with E-state index >= 15 is 0 Å². The van der Waals surface area contributed by atoms with Crippen LogP contribution < -0.4 is 16.0 Å². The Balaban J connectivity index is 1.70. The van der Waals surface area contributed by atoms with Gasteiger partial charge in [-0.15, -0.1) is 0 Å². The lowest BCUT2D eigenvalue weighted by molar-refractivity contribution is -0.126. The Hall–Kier alpha value is -1.66. The molecule has 0 bridgehead atoms. The molecular formula is C14H22N4O2. The van der Waals surface area contributed by atoms with E-state index in [9.17, 15) is 4.79 Å². The van der Waals surface area contributed by atoms with Gasteiger partial charge in [0.05, 0.1) is 6.61 Å². The van der Waals surface area contributed by atoms with E-state index in [1.807, 2.05) is 18.2 Å². The molecule has 0 aromatic carbocycles. The lowest BCUT2D eigenvalue weighted by Crippen LogP contribution is -2.46. The Kier molecular flexibility index (Phi) is 5.76. The second kappa shape index (κ2) is 7.81. The highest BCUT2D eigenvalue weighted by Crippen LogP contribution is 2.17. The van der Waals surface area contributed by atoms with Gasteiger partial charge >= 0.3 is 0 Å². The summed E-state index contributed by atoms with van der Waals surface area (Å²) in [6, 6.07) is 6.14. The summed E-state index contributed by atoms with van der Waals surface area (Å²) in [5.74, 6) is 0.943. The maximum absolute atomic E-state index is 11.6. The average Bonchev–Trinajstić information content (AvgIpc) is 2.49. The van der Waals surface area contributed by atoms with Gasteiger partial charge in [-0.05, 0) is 25.0 Å². The van der Waals surface area contributed by atoms with Gasteiger partial charge in [0, 0.05) is 31.9 Å². The molecule has 6 heteroatoms. The van der Waals surface area contributed by atoms with Gasteiger partial charge in [0.15, 0.2) is 0 Å². The van der Waals surface area contributed by atoms with Crippen LogP contribution in [0.4, 0.5) is 5.82 Å². The number of rotatable bonds is 6. The second-order valence-electron chi connectivity index (χ2n) is 4.86. The molecule has 1 aromatic heterocycles. The summed E-state index contributed by atoms with van der Waals surface area (Å²) in [6.07, 6.45) is 3.66. The van der Waals surface area contributed by atoms with Crippen LogP contribution in [0.15, 0.2) is 24.4 Å². The average molecular weight is 278 g/mol. The number of ether oxygens (including phenoxy) is 1. The number of nitrogens with two attached hydrogens (primary N) is 1. The van der Waals surface area contributed by atoms with Crippen LogP contribution in [0.1, 0.15) is 12.8 Å². The van der Waals surface area contributed by atoms with Crippen LogP contribution in [-0.4, -0.2) is 49.8 Å². The van der Waals surface area contributed by atoms with E-state index in [0.29, 0.717) is 13.2 Å². The monoisotopic (exact) mass is 278 g/mol. The van der Waals surface area contributed by atoms with Gasteiger partial charge in [-0.1, -0.05) is 6.07 Å². The molecule has 0 atom stereocenters. The van der Waals surface area contributed by atoms with Crippen LogP contribution in [0.5, 0.6) is 0 Å². The van der Waals surface area contributed by atoms with Crippen molar-refractivity contribution in [3.05, 3.63) is 24.4 Å². The molecule has 2 heterocycles. The van der Waals surface area contributed by atoms with E-state index in [1.54, 1.807) is 6.20 Å². The molecule has 20 heavy (non-hydrogen) atoms. The summed E-state index contributed by atoms with van der Waals surface area (Å²) in [7, 11) is 0. The zero-order valence-corrected chi connectivity index (χ0v) is 11.6. The van der Waals surface area contributed by atoms with Crippen LogP contribution >= 0.6 is 0 Å². The maximum Gasteiger partial charge on any atom is 0.246 e. The Morgan fingerprint density at radius 3 is 2.90 bits per heavy atom. The van der Waals surface area contributed by atoms with Gasteiger partial charge in [-0.25, -0.2) is 4.98 Å². The molecule has 1 aliphatic rings. The quantitative estimate of drug-likeness (QED) is 0.724. The molecule has 0 saturated carbocycles. The Labute approximate surface area is 119 Å². The number of hydrogen-bond acceptors (Lipinski definition) is 5. The SMILES string of the molecule is NCCOCC(=O)NC1CCN(c2ccccn2)CC1. The Bertz CT molecular complexity index is 405. The van der Waals surface area contributed by atoms with Gasteiger partial charge < -0.3 is 20.7 Å². The predicted molar refractivity (Wildman–Crippen MR) is 77.5 cm³/mol. The molecule has 0 aliphatic carbocycles. The van der Waals surface area contributed by atoms with Gasteiger partial charge in [0.2, 0.25) is 5.91 Å². The summed E-state index contributed by atoms with van der Waals surface area (Å²) in [5.41, 5.74) is 5.30. The first kappa shape index (κ1) is 14.7. The number of nitrogens with zero attached hydrogens (tertiary/aromatic N) is 2. The van der Waals surface area contributed by atoms with Crippen molar-refractivity contribution in [2.24, 2.45) is 5.73 Å². The lowest BCUT2D eigenvalue weighted by atomic mass is 10.1. The molecule has 110 valence electrons. The number of piperidine rings is 1. The van der Waals surface area contributed by atoms with Crippen LogP contribution in [0, 0.1) is 0 Å². The smallest absolute Gasteiger partial charge is 0.246 e. The van der Waals surface area contributed by atoms with E-state index < -0.39 is 0 Å². The molecule has 1 saturated heterocycles. The maximum atomic E-state index is 11.6. The minimum atomic E-state index is -0.0604. The summed E-state index contributed by atoms with van der Waals surface area (Å²) in [6.45, 7) is 2.77. The Morgan fingerprint density at radius 2 is 2.25 bits per heavy atom. The van der Waals surface area contributed by atoms with Crippen molar-refractivity contribution in [1.82, 2.24) is 10.3 Å². The number of amides is 1. The highest BCUT2D eigenvalue weighted by atomic mass is 16.5. The first-order valence-corrected chi connectivity index (χ1v) is 7.02. The van der Waals surface area contributed by atoms with Crippen molar-refractivity contribution in [3.63, 3.8) is 0 Å². The first-order chi connectivity index (χ1) is 9.79. The van der Waals surface area contributed by atoms with Gasteiger partial charge in [0.25, 0.3) is 0 Å². The van der Waals surface area contributed by atoms with Crippen molar-refractivity contribution in [2.45, 2.75) is 18.9 Å². The van der Waals surface area contributed by atoms with Crippen LogP contribution in [-0.2, 0) is 9.53 Å². The highest BCUT2D eigenvalue weighted by Gasteiger charge is 2.21. The molecule has 1 aliphatic heterocycles. The van der Waals surface area contributed by atoms with Crippen molar-refractivity contribution in [1.29, 1.82) is 0 Å². The summed E-state index contributed by atoms with van der Waals surface area (Å²) in [4.78, 5) is 18.2. The van der Waals surface area contributed by atoms with Crippen LogP contribution in [0.3, 0.4) is 0 Å². The van der Waals surface area contributed by atoms with E-state index in [-0.39, 0.29) is 18.6 Å². The van der Waals surface area contributed by atoms with Crippen LogP contribution in [0.25, 0.3) is 0 Å². The van der Waals surface area contributed by atoms with Crippen LogP contribution in [0.2, 0.25) is 0 Å². The van der Waals surface area contributed by atoms with Crippen molar-refractivity contribution in [3.8, 4) is 0 Å². The number of pyridine rings is 1. The molecule has 3 N–H and O–H groups in total. The van der Waals surface area contributed by atoms with Crippen molar-refractivity contribution >= 4 is 11.7 Å². The zero-order chi connectivity index (χ0) is 14.2. The van der Waals surface area contributed by atoms with E-state index in [4.69, 9.17) is 10.5 Å². The number of carbonyl (C=O) groups is 1. The largest absolute Gasteiger partial charge is 0.370 e. The minimum Gasteiger partial charge on any atom is -0.370 e. The molecule has 0 spiro atoms. The molecular weight excluding hydrogens is 256 g/mol. The molecule has 1 fully saturated rings. The minimum absolute atomic E-state index is 0.0604. The molecule has 0 radical (unpaired) electrons. The summed E-state index contributed by atoms with van der Waals surface area (Å²) >= 11 is 0. The third kappa shape index (κ3) is 4.47. The van der Waals surface area contributed by atoms with Gasteiger partial charge in [-0.2, -0.15) is 0 Å². The molecule has 6 nitrogen and oxygen atoms in total. The number of nitrogens with one attached hydrogen (secondary N) is 1. The zero-order valence-electron chi connectivity index (χ0n) is 11.6. The van der Waals surface area contributed by atoms with Gasteiger partial charge in [-0.3, -0.25) is 4.79 Å². The van der Waals surface area contributed by atoms with Crippen molar-refractivity contribution in [2.75, 3.05) is 37.7 Å². The molecule has 1 aromatic rings. The fraction of sp³-hybridized carbons (Fsp3) is 0.571. The molecule has 1 amide bonds. The summed E-state index contributed by atoms with van der Waals surface area (Å²) in [5, 5.41) is 3.00. The number of carbonyl (C=O) groups excluding carboxylic acids is 1. The fourth-order valence-corrected chi connectivity index (χ4v) is 2.31.